The second-order valence-electron chi connectivity index (χ2n) is 4.39. The Hall–Kier alpha value is -1.10. The van der Waals surface area contributed by atoms with Crippen LogP contribution in [0.15, 0.2) is 0 Å². The lowest BCUT2D eigenvalue weighted by atomic mass is 9.77. The zero-order chi connectivity index (χ0) is 13.5. The number of nitrogens with two attached hydrogens (primary N) is 1. The maximum absolute atomic E-state index is 11.9. The van der Waals surface area contributed by atoms with Crippen molar-refractivity contribution in [2.45, 2.75) is 33.6 Å². The molecular weight excluding hydrogens is 222 g/mol. The topological polar surface area (TPSA) is 78.6 Å². The molecule has 0 aliphatic rings. The van der Waals surface area contributed by atoms with Gasteiger partial charge in [0, 0.05) is 6.54 Å². The van der Waals surface area contributed by atoms with E-state index in [0.29, 0.717) is 0 Å². The summed E-state index contributed by atoms with van der Waals surface area (Å²) in [5.74, 6) is -0.604. The Morgan fingerprint density at radius 3 is 2.41 bits per heavy atom. The molecule has 0 bridgehead atoms. The smallest absolute Gasteiger partial charge is 0.313 e. The number of rotatable bonds is 7. The molecule has 0 spiro atoms. The van der Waals surface area contributed by atoms with Crippen molar-refractivity contribution in [3.63, 3.8) is 0 Å². The molecule has 0 radical (unpaired) electrons. The van der Waals surface area contributed by atoms with Crippen molar-refractivity contribution in [3.05, 3.63) is 0 Å². The second-order valence-corrected chi connectivity index (χ2v) is 4.39. The van der Waals surface area contributed by atoms with Crippen LogP contribution in [0.4, 0.5) is 0 Å². The van der Waals surface area contributed by atoms with E-state index in [9.17, 15) is 9.59 Å². The van der Waals surface area contributed by atoms with Crippen molar-refractivity contribution in [1.82, 2.24) is 0 Å². The van der Waals surface area contributed by atoms with E-state index in [1.807, 2.05) is 13.8 Å². The van der Waals surface area contributed by atoms with Crippen LogP contribution in [0.5, 0.6) is 0 Å². The first-order valence-electron chi connectivity index (χ1n) is 5.86. The lowest BCUT2D eigenvalue weighted by Crippen LogP contribution is -2.42. The molecule has 0 saturated heterocycles. The van der Waals surface area contributed by atoms with Gasteiger partial charge in [-0.15, -0.1) is 0 Å². The largest absolute Gasteiger partial charge is 0.469 e. The normalized spacial score (nSPS) is 15.8. The molecule has 0 aromatic carbocycles. The fourth-order valence-electron chi connectivity index (χ4n) is 1.43. The van der Waals surface area contributed by atoms with E-state index in [1.54, 1.807) is 6.92 Å². The Morgan fingerprint density at radius 1 is 1.41 bits per heavy atom. The van der Waals surface area contributed by atoms with Gasteiger partial charge in [-0.05, 0) is 12.8 Å². The van der Waals surface area contributed by atoms with Crippen LogP contribution in [0, 0.1) is 11.3 Å². The highest BCUT2D eigenvalue weighted by atomic mass is 16.5. The fraction of sp³-hybridized carbons (Fsp3) is 0.833. The van der Waals surface area contributed by atoms with E-state index >= 15 is 0 Å². The zero-order valence-corrected chi connectivity index (χ0v) is 11.1. The first-order chi connectivity index (χ1) is 7.92. The van der Waals surface area contributed by atoms with Crippen molar-refractivity contribution in [1.29, 1.82) is 0 Å². The number of ether oxygens (including phenoxy) is 2. The molecular formula is C12H23NO4. The standard InChI is InChI=1S/C12H23NO4/c1-5-9(2)12(3,8-13)11(15)17-7-6-10(14)16-4/h9H,5-8,13H2,1-4H3. The van der Waals surface area contributed by atoms with Gasteiger partial charge in [0.1, 0.15) is 6.61 Å². The summed E-state index contributed by atoms with van der Waals surface area (Å²) in [5.41, 5.74) is 4.96. The van der Waals surface area contributed by atoms with Gasteiger partial charge in [0.05, 0.1) is 18.9 Å². The van der Waals surface area contributed by atoms with Crippen LogP contribution in [0.25, 0.3) is 0 Å². The van der Waals surface area contributed by atoms with E-state index in [1.165, 1.54) is 7.11 Å². The summed E-state index contributed by atoms with van der Waals surface area (Å²) in [6.07, 6.45) is 0.920. The molecule has 5 heteroatoms. The minimum Gasteiger partial charge on any atom is -0.469 e. The minimum absolute atomic E-state index is 0.0392. The van der Waals surface area contributed by atoms with Crippen LogP contribution in [-0.4, -0.2) is 32.2 Å². The summed E-state index contributed by atoms with van der Waals surface area (Å²) < 4.78 is 9.53. The van der Waals surface area contributed by atoms with Crippen LogP contribution < -0.4 is 5.73 Å². The Kier molecular flexibility index (Phi) is 6.80. The minimum atomic E-state index is -0.690. The van der Waals surface area contributed by atoms with Crippen molar-refractivity contribution < 1.29 is 19.1 Å². The molecule has 0 aliphatic heterocycles. The number of methoxy groups -OCH3 is 1. The van der Waals surface area contributed by atoms with Gasteiger partial charge in [-0.3, -0.25) is 9.59 Å². The lowest BCUT2D eigenvalue weighted by Gasteiger charge is -2.31. The molecule has 0 aliphatic carbocycles. The van der Waals surface area contributed by atoms with Crippen LogP contribution in [-0.2, 0) is 19.1 Å². The highest BCUT2D eigenvalue weighted by Gasteiger charge is 2.38. The Morgan fingerprint density at radius 2 is 2.00 bits per heavy atom. The van der Waals surface area contributed by atoms with Crippen LogP contribution in [0.2, 0.25) is 0 Å². The van der Waals surface area contributed by atoms with E-state index in [0.717, 1.165) is 6.42 Å². The monoisotopic (exact) mass is 245 g/mol. The van der Waals surface area contributed by atoms with Crippen LogP contribution in [0.3, 0.4) is 0 Å². The molecule has 5 nitrogen and oxygen atoms in total. The molecule has 0 aromatic rings. The summed E-state index contributed by atoms with van der Waals surface area (Å²) in [6.45, 7) is 6.03. The van der Waals surface area contributed by atoms with E-state index < -0.39 is 11.4 Å². The molecule has 0 heterocycles. The zero-order valence-electron chi connectivity index (χ0n) is 11.1. The van der Waals surface area contributed by atoms with Gasteiger partial charge < -0.3 is 15.2 Å². The number of esters is 2. The first kappa shape index (κ1) is 15.9. The third-order valence-corrected chi connectivity index (χ3v) is 3.36. The van der Waals surface area contributed by atoms with Gasteiger partial charge in [0.2, 0.25) is 0 Å². The first-order valence-corrected chi connectivity index (χ1v) is 5.86. The molecule has 2 unspecified atom stereocenters. The molecule has 0 rings (SSSR count). The third-order valence-electron chi connectivity index (χ3n) is 3.36. The number of carbonyl (C=O) groups excluding carboxylic acids is 2. The fourth-order valence-corrected chi connectivity index (χ4v) is 1.43. The summed E-state index contributed by atoms with van der Waals surface area (Å²) in [4.78, 5) is 22.8. The summed E-state index contributed by atoms with van der Waals surface area (Å²) in [5, 5.41) is 0. The van der Waals surface area contributed by atoms with E-state index in [-0.39, 0.29) is 31.5 Å². The number of carbonyl (C=O) groups is 2. The third kappa shape index (κ3) is 4.34. The van der Waals surface area contributed by atoms with Gasteiger partial charge in [0.15, 0.2) is 0 Å². The Labute approximate surface area is 103 Å². The molecule has 0 saturated carbocycles. The van der Waals surface area contributed by atoms with Crippen molar-refractivity contribution in [2.75, 3.05) is 20.3 Å². The predicted molar refractivity (Wildman–Crippen MR) is 64.2 cm³/mol. The average Bonchev–Trinajstić information content (AvgIpc) is 2.35. The highest BCUT2D eigenvalue weighted by molar-refractivity contribution is 5.77. The Bertz CT molecular complexity index is 267. The highest BCUT2D eigenvalue weighted by Crippen LogP contribution is 2.30. The van der Waals surface area contributed by atoms with Gasteiger partial charge in [-0.25, -0.2) is 0 Å². The molecule has 17 heavy (non-hydrogen) atoms. The van der Waals surface area contributed by atoms with Crippen molar-refractivity contribution in [2.24, 2.45) is 17.1 Å². The maximum atomic E-state index is 11.9. The molecule has 0 aromatic heterocycles. The number of hydrogen-bond donors (Lipinski definition) is 1. The predicted octanol–water partition coefficient (Wildman–Crippen LogP) is 1.10. The average molecular weight is 245 g/mol. The van der Waals surface area contributed by atoms with Crippen LogP contribution >= 0.6 is 0 Å². The lowest BCUT2D eigenvalue weighted by molar-refractivity contribution is -0.159. The van der Waals surface area contributed by atoms with Gasteiger partial charge >= 0.3 is 11.9 Å². The molecule has 2 N–H and O–H groups in total. The van der Waals surface area contributed by atoms with Gasteiger partial charge in [-0.2, -0.15) is 0 Å². The molecule has 0 amide bonds. The molecule has 100 valence electrons. The SMILES string of the molecule is CCC(C)C(C)(CN)C(=O)OCCC(=O)OC. The summed E-state index contributed by atoms with van der Waals surface area (Å²) in [7, 11) is 1.30. The van der Waals surface area contributed by atoms with Gasteiger partial charge in [-0.1, -0.05) is 20.3 Å². The van der Waals surface area contributed by atoms with Crippen molar-refractivity contribution in [3.8, 4) is 0 Å². The molecule has 2 atom stereocenters. The summed E-state index contributed by atoms with van der Waals surface area (Å²) >= 11 is 0. The van der Waals surface area contributed by atoms with Crippen LogP contribution in [0.1, 0.15) is 33.6 Å². The van der Waals surface area contributed by atoms with E-state index in [2.05, 4.69) is 4.74 Å². The summed E-state index contributed by atoms with van der Waals surface area (Å²) in [6, 6.07) is 0. The Balaban J connectivity index is 4.31. The molecule has 0 fully saturated rings. The maximum Gasteiger partial charge on any atom is 0.313 e. The van der Waals surface area contributed by atoms with E-state index in [4.69, 9.17) is 10.5 Å². The van der Waals surface area contributed by atoms with Gasteiger partial charge in [0.25, 0.3) is 0 Å². The quantitative estimate of drug-likeness (QED) is 0.680. The number of hydrogen-bond acceptors (Lipinski definition) is 5. The van der Waals surface area contributed by atoms with Crippen molar-refractivity contribution >= 4 is 11.9 Å². The second kappa shape index (κ2) is 7.27.